The Morgan fingerprint density at radius 1 is 1.29 bits per heavy atom. The quantitative estimate of drug-likeness (QED) is 0.285. The average Bonchev–Trinajstić information content (AvgIpc) is 3.17. The van der Waals surface area contributed by atoms with E-state index in [0.717, 1.165) is 10.9 Å². The van der Waals surface area contributed by atoms with Crippen molar-refractivity contribution >= 4 is 34.4 Å². The number of aromatic nitrogens is 2. The topological polar surface area (TPSA) is 129 Å². The molecular formula is C20H22N6O2. The number of aromatic amines is 1. The number of carbonyl (C=O) groups is 1. The average molecular weight is 378 g/mol. The summed E-state index contributed by atoms with van der Waals surface area (Å²) >= 11 is 0. The maximum atomic E-state index is 12.1. The zero-order chi connectivity index (χ0) is 19.9. The van der Waals surface area contributed by atoms with Crippen LogP contribution in [0.25, 0.3) is 10.9 Å². The first kappa shape index (κ1) is 19.2. The lowest BCUT2D eigenvalue weighted by Gasteiger charge is -2.09. The van der Waals surface area contributed by atoms with Gasteiger partial charge in [-0.05, 0) is 36.8 Å². The molecule has 8 heteroatoms. The molecule has 1 aromatic heterocycles. The summed E-state index contributed by atoms with van der Waals surface area (Å²) in [5, 5.41) is 24.1. The smallest absolute Gasteiger partial charge is 0.251 e. The second kappa shape index (κ2) is 8.92. The fourth-order valence-electron chi connectivity index (χ4n) is 2.61. The number of aliphatic hydroxyl groups is 1. The van der Waals surface area contributed by atoms with Gasteiger partial charge in [0.25, 0.3) is 5.91 Å². The van der Waals surface area contributed by atoms with Crippen LogP contribution < -0.4 is 11.2 Å². The summed E-state index contributed by atoms with van der Waals surface area (Å²) in [5.41, 5.74) is 3.08. The van der Waals surface area contributed by atoms with E-state index in [1.54, 1.807) is 24.3 Å². The van der Waals surface area contributed by atoms with Crippen molar-refractivity contribution in [1.82, 2.24) is 15.5 Å². The number of amides is 1. The minimum atomic E-state index is -0.542. The van der Waals surface area contributed by atoms with Gasteiger partial charge in [0, 0.05) is 17.5 Å². The third-order valence-corrected chi connectivity index (χ3v) is 4.29. The van der Waals surface area contributed by atoms with Gasteiger partial charge in [0.05, 0.1) is 23.5 Å². The molecule has 0 fully saturated rings. The van der Waals surface area contributed by atoms with Gasteiger partial charge in [-0.3, -0.25) is 14.9 Å². The molecule has 0 bridgehead atoms. The molecule has 8 nitrogen and oxygen atoms in total. The Morgan fingerprint density at radius 3 is 2.75 bits per heavy atom. The van der Waals surface area contributed by atoms with Crippen LogP contribution in [0.4, 0.5) is 5.69 Å². The van der Waals surface area contributed by atoms with Crippen LogP contribution in [0.1, 0.15) is 29.4 Å². The van der Waals surface area contributed by atoms with E-state index in [-0.39, 0.29) is 12.5 Å². The molecule has 3 rings (SSSR count). The highest BCUT2D eigenvalue weighted by molar-refractivity contribution is 6.40. The van der Waals surface area contributed by atoms with E-state index in [4.69, 9.17) is 5.84 Å². The van der Waals surface area contributed by atoms with Crippen molar-refractivity contribution in [2.75, 3.05) is 6.54 Å². The molecular weight excluding hydrogens is 356 g/mol. The normalized spacial score (nSPS) is 13.1. The van der Waals surface area contributed by atoms with Gasteiger partial charge in [-0.1, -0.05) is 25.1 Å². The number of hydrogen-bond acceptors (Lipinski definition) is 6. The molecule has 5 N–H and O–H groups in total. The standard InChI is InChI=1S/C20H22N6O2/c1-2-15(27)11-23-20(28)13-7-9-14(10-8-13)22-12-18(24-21)19-16-5-3-4-6-17(16)25-26-19/h3-10,12,15,27H,2,11,21H2,1H3,(H,23,28)(H,25,26). The zero-order valence-corrected chi connectivity index (χ0v) is 15.5. The predicted octanol–water partition coefficient (Wildman–Crippen LogP) is 2.13. The number of fused-ring (bicyclic) bond motifs is 1. The Morgan fingerprint density at radius 2 is 2.04 bits per heavy atom. The van der Waals surface area contributed by atoms with Crippen LogP contribution in [0.15, 0.2) is 58.6 Å². The van der Waals surface area contributed by atoms with Crippen molar-refractivity contribution in [2.45, 2.75) is 19.4 Å². The fourth-order valence-corrected chi connectivity index (χ4v) is 2.61. The fraction of sp³-hybridized carbons (Fsp3) is 0.200. The zero-order valence-electron chi connectivity index (χ0n) is 15.5. The molecule has 0 aliphatic heterocycles. The number of hydrogen-bond donors (Lipinski definition) is 4. The van der Waals surface area contributed by atoms with Crippen LogP contribution >= 0.6 is 0 Å². The lowest BCUT2D eigenvalue weighted by atomic mass is 10.1. The molecule has 1 unspecified atom stereocenters. The van der Waals surface area contributed by atoms with Crippen LogP contribution in [-0.4, -0.2) is 45.8 Å². The van der Waals surface area contributed by atoms with Crippen molar-refractivity contribution in [3.05, 3.63) is 59.8 Å². The van der Waals surface area contributed by atoms with Crippen molar-refractivity contribution in [3.63, 3.8) is 0 Å². The molecule has 2 aromatic carbocycles. The van der Waals surface area contributed by atoms with E-state index in [1.807, 2.05) is 31.2 Å². The van der Waals surface area contributed by atoms with Gasteiger partial charge in [-0.15, -0.1) is 0 Å². The summed E-state index contributed by atoms with van der Waals surface area (Å²) in [5.74, 6) is 5.28. The minimum Gasteiger partial charge on any atom is -0.391 e. The number of H-pyrrole nitrogens is 1. The highest BCUT2D eigenvalue weighted by atomic mass is 16.3. The molecule has 28 heavy (non-hydrogen) atoms. The van der Waals surface area contributed by atoms with E-state index in [9.17, 15) is 9.90 Å². The number of aliphatic imine (C=N–C) groups is 1. The minimum absolute atomic E-state index is 0.225. The molecule has 144 valence electrons. The molecule has 0 saturated carbocycles. The van der Waals surface area contributed by atoms with Crippen LogP contribution in [0.3, 0.4) is 0 Å². The van der Waals surface area contributed by atoms with Gasteiger partial charge in [0.15, 0.2) is 0 Å². The van der Waals surface area contributed by atoms with Crippen LogP contribution in [0.5, 0.6) is 0 Å². The molecule has 0 radical (unpaired) electrons. The van der Waals surface area contributed by atoms with Gasteiger partial charge < -0.3 is 16.3 Å². The lowest BCUT2D eigenvalue weighted by Crippen LogP contribution is -2.31. The number of nitrogens with two attached hydrogens (primary N) is 1. The first-order valence-corrected chi connectivity index (χ1v) is 8.94. The number of aliphatic hydroxyl groups excluding tert-OH is 1. The molecule has 0 aliphatic carbocycles. The van der Waals surface area contributed by atoms with Gasteiger partial charge in [-0.25, -0.2) is 0 Å². The number of benzene rings is 2. The van der Waals surface area contributed by atoms with Crippen molar-refractivity contribution in [2.24, 2.45) is 15.9 Å². The van der Waals surface area contributed by atoms with Crippen molar-refractivity contribution in [1.29, 1.82) is 0 Å². The summed E-state index contributed by atoms with van der Waals surface area (Å²) in [6.07, 6.45) is 1.58. The summed E-state index contributed by atoms with van der Waals surface area (Å²) in [6.45, 7) is 2.08. The first-order chi connectivity index (χ1) is 13.6. The van der Waals surface area contributed by atoms with Crippen molar-refractivity contribution < 1.29 is 9.90 Å². The predicted molar refractivity (Wildman–Crippen MR) is 110 cm³/mol. The SMILES string of the molecule is CCC(O)CNC(=O)c1ccc(N=CC(=NN)c2n[nH]c3ccccc23)cc1. The second-order valence-electron chi connectivity index (χ2n) is 6.21. The molecule has 3 aromatic rings. The summed E-state index contributed by atoms with van der Waals surface area (Å²) in [4.78, 5) is 16.4. The summed E-state index contributed by atoms with van der Waals surface area (Å²) in [7, 11) is 0. The monoisotopic (exact) mass is 378 g/mol. The molecule has 1 heterocycles. The largest absolute Gasteiger partial charge is 0.391 e. The number of nitrogens with zero attached hydrogens (tertiary/aromatic N) is 3. The second-order valence-corrected chi connectivity index (χ2v) is 6.21. The molecule has 1 atom stereocenters. The van der Waals surface area contributed by atoms with E-state index < -0.39 is 6.10 Å². The number of hydrazone groups is 1. The summed E-state index contributed by atoms with van der Waals surface area (Å²) < 4.78 is 0. The Balaban J connectivity index is 1.70. The van der Waals surface area contributed by atoms with E-state index >= 15 is 0 Å². The maximum Gasteiger partial charge on any atom is 0.251 e. The maximum absolute atomic E-state index is 12.1. The number of carbonyl (C=O) groups excluding carboxylic acids is 1. The first-order valence-electron chi connectivity index (χ1n) is 8.94. The highest BCUT2D eigenvalue weighted by Gasteiger charge is 2.10. The van der Waals surface area contributed by atoms with Gasteiger partial charge >= 0.3 is 0 Å². The third kappa shape index (κ3) is 4.41. The Bertz CT molecular complexity index is 1010. The van der Waals surface area contributed by atoms with Crippen LogP contribution in [0, 0.1) is 0 Å². The summed E-state index contributed by atoms with van der Waals surface area (Å²) in [6, 6.07) is 14.5. The van der Waals surface area contributed by atoms with E-state index in [0.29, 0.717) is 29.1 Å². The lowest BCUT2D eigenvalue weighted by molar-refractivity contribution is 0.0914. The Kier molecular flexibility index (Phi) is 6.13. The molecule has 1 amide bonds. The Labute approximate surface area is 162 Å². The van der Waals surface area contributed by atoms with Gasteiger partial charge in [0.1, 0.15) is 11.4 Å². The van der Waals surface area contributed by atoms with E-state index in [2.05, 4.69) is 25.6 Å². The Hall–Kier alpha value is -3.52. The number of para-hydroxylation sites is 1. The van der Waals surface area contributed by atoms with E-state index in [1.165, 1.54) is 6.21 Å². The number of nitrogens with one attached hydrogen (secondary N) is 2. The van der Waals surface area contributed by atoms with Gasteiger partial charge in [-0.2, -0.15) is 10.2 Å². The van der Waals surface area contributed by atoms with Crippen LogP contribution in [-0.2, 0) is 0 Å². The number of rotatable bonds is 7. The molecule has 0 saturated heterocycles. The van der Waals surface area contributed by atoms with Crippen molar-refractivity contribution in [3.8, 4) is 0 Å². The third-order valence-electron chi connectivity index (χ3n) is 4.29. The van der Waals surface area contributed by atoms with Crippen LogP contribution in [0.2, 0.25) is 0 Å². The van der Waals surface area contributed by atoms with Gasteiger partial charge in [0.2, 0.25) is 0 Å². The molecule has 0 aliphatic rings. The molecule has 0 spiro atoms. The highest BCUT2D eigenvalue weighted by Crippen LogP contribution is 2.17.